The zero-order valence-electron chi connectivity index (χ0n) is 10.8. The molecule has 0 aromatic heterocycles. The predicted octanol–water partition coefficient (Wildman–Crippen LogP) is 1.05. The number of aliphatic hydroxyl groups excluding tert-OH is 1. The Hall–Kier alpha value is -1.30. The number of unbranched alkanes of at least 4 members (excludes halogenated alkanes) is 3. The monoisotopic (exact) mass is 257 g/mol. The average molecular weight is 257 g/mol. The van der Waals surface area contributed by atoms with Crippen LogP contribution in [0.15, 0.2) is 0 Å². The second kappa shape index (κ2) is 8.74. The van der Waals surface area contributed by atoms with Crippen molar-refractivity contribution >= 4 is 12.1 Å². The van der Waals surface area contributed by atoms with E-state index in [0.29, 0.717) is 19.6 Å². The quantitative estimate of drug-likeness (QED) is 0.622. The van der Waals surface area contributed by atoms with Crippen LogP contribution >= 0.6 is 0 Å². The van der Waals surface area contributed by atoms with Crippen molar-refractivity contribution in [3.05, 3.63) is 0 Å². The Labute approximate surface area is 108 Å². The SMILES string of the molecule is O=C(NCCCCCCO)N1CCCCNC1=O. The highest BCUT2D eigenvalue weighted by Gasteiger charge is 2.22. The van der Waals surface area contributed by atoms with Crippen LogP contribution in [0.1, 0.15) is 38.5 Å². The summed E-state index contributed by atoms with van der Waals surface area (Å²) in [6.07, 6.45) is 5.40. The molecular weight excluding hydrogens is 234 g/mol. The van der Waals surface area contributed by atoms with E-state index in [4.69, 9.17) is 5.11 Å². The fourth-order valence-corrected chi connectivity index (χ4v) is 1.86. The zero-order valence-corrected chi connectivity index (χ0v) is 10.8. The lowest BCUT2D eigenvalue weighted by molar-refractivity contribution is 0.188. The molecule has 1 fully saturated rings. The van der Waals surface area contributed by atoms with E-state index in [0.717, 1.165) is 38.5 Å². The van der Waals surface area contributed by atoms with E-state index in [2.05, 4.69) is 10.6 Å². The van der Waals surface area contributed by atoms with Gasteiger partial charge in [-0.2, -0.15) is 0 Å². The average Bonchev–Trinajstić information content (AvgIpc) is 2.58. The summed E-state index contributed by atoms with van der Waals surface area (Å²) >= 11 is 0. The summed E-state index contributed by atoms with van der Waals surface area (Å²) < 4.78 is 0. The maximum atomic E-state index is 11.8. The fraction of sp³-hybridized carbons (Fsp3) is 0.833. The minimum absolute atomic E-state index is 0.223. The van der Waals surface area contributed by atoms with E-state index in [1.54, 1.807) is 0 Å². The molecule has 6 heteroatoms. The lowest BCUT2D eigenvalue weighted by Gasteiger charge is -2.18. The van der Waals surface area contributed by atoms with Gasteiger partial charge in [0, 0.05) is 26.2 Å². The molecule has 0 atom stereocenters. The molecule has 0 bridgehead atoms. The van der Waals surface area contributed by atoms with Gasteiger partial charge in [0.15, 0.2) is 0 Å². The fourth-order valence-electron chi connectivity index (χ4n) is 1.86. The van der Waals surface area contributed by atoms with Gasteiger partial charge in [-0.25, -0.2) is 14.5 Å². The molecule has 1 aliphatic rings. The normalized spacial score (nSPS) is 16.1. The number of imide groups is 1. The van der Waals surface area contributed by atoms with Crippen LogP contribution in [-0.4, -0.2) is 48.3 Å². The van der Waals surface area contributed by atoms with E-state index < -0.39 is 0 Å². The molecule has 0 unspecified atom stereocenters. The zero-order chi connectivity index (χ0) is 13.2. The van der Waals surface area contributed by atoms with E-state index in [9.17, 15) is 9.59 Å². The van der Waals surface area contributed by atoms with Crippen LogP contribution in [-0.2, 0) is 0 Å². The number of nitrogens with zero attached hydrogens (tertiary/aromatic N) is 1. The molecule has 1 aliphatic heterocycles. The lowest BCUT2D eigenvalue weighted by atomic mass is 10.2. The van der Waals surface area contributed by atoms with Crippen molar-refractivity contribution in [2.45, 2.75) is 38.5 Å². The molecule has 1 saturated heterocycles. The highest BCUT2D eigenvalue weighted by atomic mass is 16.3. The standard InChI is InChI=1S/C12H23N3O3/c16-10-6-2-1-3-7-13-11(17)15-9-5-4-8-14-12(15)18/h16H,1-10H2,(H,13,17)(H,14,18). The van der Waals surface area contributed by atoms with Crippen LogP contribution < -0.4 is 10.6 Å². The molecule has 3 N–H and O–H groups in total. The van der Waals surface area contributed by atoms with E-state index in [-0.39, 0.29) is 18.7 Å². The first-order chi connectivity index (χ1) is 8.75. The molecule has 0 radical (unpaired) electrons. The molecule has 6 nitrogen and oxygen atoms in total. The summed E-state index contributed by atoms with van der Waals surface area (Å²) in [5, 5.41) is 14.1. The topological polar surface area (TPSA) is 81.7 Å². The number of rotatable bonds is 6. The minimum Gasteiger partial charge on any atom is -0.396 e. The number of carbonyl (C=O) groups is 2. The molecule has 0 aromatic rings. The third-order valence-corrected chi connectivity index (χ3v) is 2.94. The first-order valence-electron chi connectivity index (χ1n) is 6.70. The summed E-state index contributed by atoms with van der Waals surface area (Å²) in [7, 11) is 0. The van der Waals surface area contributed by atoms with Gasteiger partial charge in [0.2, 0.25) is 0 Å². The Morgan fingerprint density at radius 2 is 2.06 bits per heavy atom. The van der Waals surface area contributed by atoms with Gasteiger partial charge in [-0.15, -0.1) is 0 Å². The first kappa shape index (κ1) is 14.8. The van der Waals surface area contributed by atoms with Crippen molar-refractivity contribution in [1.82, 2.24) is 15.5 Å². The Morgan fingerprint density at radius 1 is 1.28 bits per heavy atom. The van der Waals surface area contributed by atoms with Crippen LogP contribution in [0.2, 0.25) is 0 Å². The van der Waals surface area contributed by atoms with Gasteiger partial charge in [-0.1, -0.05) is 12.8 Å². The van der Waals surface area contributed by atoms with Crippen molar-refractivity contribution in [1.29, 1.82) is 0 Å². The van der Waals surface area contributed by atoms with Gasteiger partial charge >= 0.3 is 12.1 Å². The highest BCUT2D eigenvalue weighted by molar-refractivity contribution is 5.93. The van der Waals surface area contributed by atoms with Crippen LogP contribution in [0, 0.1) is 0 Å². The van der Waals surface area contributed by atoms with Crippen molar-refractivity contribution < 1.29 is 14.7 Å². The summed E-state index contributed by atoms with van der Waals surface area (Å²) in [4.78, 5) is 24.6. The predicted molar refractivity (Wildman–Crippen MR) is 68.3 cm³/mol. The number of hydrogen-bond donors (Lipinski definition) is 3. The van der Waals surface area contributed by atoms with Crippen molar-refractivity contribution in [3.8, 4) is 0 Å². The second-order valence-corrected chi connectivity index (χ2v) is 4.46. The molecule has 0 aromatic carbocycles. The molecule has 1 heterocycles. The lowest BCUT2D eigenvalue weighted by Crippen LogP contribution is -2.47. The Kier molecular flexibility index (Phi) is 7.17. The molecular formula is C12H23N3O3. The molecule has 18 heavy (non-hydrogen) atoms. The first-order valence-corrected chi connectivity index (χ1v) is 6.70. The van der Waals surface area contributed by atoms with Gasteiger partial charge < -0.3 is 15.7 Å². The maximum absolute atomic E-state index is 11.8. The van der Waals surface area contributed by atoms with E-state index in [1.807, 2.05) is 0 Å². The Morgan fingerprint density at radius 3 is 2.83 bits per heavy atom. The maximum Gasteiger partial charge on any atom is 0.325 e. The number of nitrogens with one attached hydrogen (secondary N) is 2. The molecule has 104 valence electrons. The van der Waals surface area contributed by atoms with Gasteiger partial charge in [0.1, 0.15) is 0 Å². The van der Waals surface area contributed by atoms with Crippen molar-refractivity contribution in [2.24, 2.45) is 0 Å². The molecule has 1 rings (SSSR count). The number of hydrogen-bond acceptors (Lipinski definition) is 3. The summed E-state index contributed by atoms with van der Waals surface area (Å²) in [6.45, 7) is 1.93. The summed E-state index contributed by atoms with van der Waals surface area (Å²) in [5.41, 5.74) is 0. The number of urea groups is 2. The number of carbonyl (C=O) groups excluding carboxylic acids is 2. The summed E-state index contributed by atoms with van der Waals surface area (Å²) in [5.74, 6) is 0. The third kappa shape index (κ3) is 5.35. The smallest absolute Gasteiger partial charge is 0.325 e. The largest absolute Gasteiger partial charge is 0.396 e. The Bertz CT molecular complexity index is 271. The van der Waals surface area contributed by atoms with Gasteiger partial charge in [0.25, 0.3) is 0 Å². The summed E-state index contributed by atoms with van der Waals surface area (Å²) in [6, 6.07) is -0.609. The molecule has 0 saturated carbocycles. The highest BCUT2D eigenvalue weighted by Crippen LogP contribution is 2.02. The van der Waals surface area contributed by atoms with Gasteiger partial charge in [-0.3, -0.25) is 0 Å². The van der Waals surface area contributed by atoms with Crippen molar-refractivity contribution in [2.75, 3.05) is 26.2 Å². The minimum atomic E-state index is -0.309. The van der Waals surface area contributed by atoms with Crippen LogP contribution in [0.25, 0.3) is 0 Å². The van der Waals surface area contributed by atoms with Crippen LogP contribution in [0.3, 0.4) is 0 Å². The number of amides is 4. The van der Waals surface area contributed by atoms with Crippen molar-refractivity contribution in [3.63, 3.8) is 0 Å². The van der Waals surface area contributed by atoms with E-state index in [1.165, 1.54) is 4.90 Å². The van der Waals surface area contributed by atoms with Gasteiger partial charge in [0.05, 0.1) is 0 Å². The molecule has 4 amide bonds. The van der Waals surface area contributed by atoms with Gasteiger partial charge in [-0.05, 0) is 25.7 Å². The van der Waals surface area contributed by atoms with Crippen LogP contribution in [0.5, 0.6) is 0 Å². The molecule has 0 aliphatic carbocycles. The molecule has 0 spiro atoms. The third-order valence-electron chi connectivity index (χ3n) is 2.94. The number of aliphatic hydroxyl groups is 1. The van der Waals surface area contributed by atoms with E-state index >= 15 is 0 Å². The van der Waals surface area contributed by atoms with Crippen LogP contribution in [0.4, 0.5) is 9.59 Å². The Balaban J connectivity index is 2.16. The second-order valence-electron chi connectivity index (χ2n) is 4.46.